The number of pyridine rings is 1. The molecule has 0 radical (unpaired) electrons. The number of para-hydroxylation sites is 3. The Morgan fingerprint density at radius 3 is 2.00 bits per heavy atom. The molecule has 5 nitrogen and oxygen atoms in total. The van der Waals surface area contributed by atoms with Gasteiger partial charge in [0.1, 0.15) is 5.82 Å². The summed E-state index contributed by atoms with van der Waals surface area (Å²) in [6.45, 7) is 0. The molecular formula is C32H21N5Pt. The molecule has 0 saturated carbocycles. The van der Waals surface area contributed by atoms with Crippen molar-refractivity contribution in [3.8, 4) is 11.5 Å². The van der Waals surface area contributed by atoms with Crippen LogP contribution in [0.5, 0.6) is 0 Å². The summed E-state index contributed by atoms with van der Waals surface area (Å²) in [6.07, 6.45) is 5.29. The summed E-state index contributed by atoms with van der Waals surface area (Å²) in [5.41, 5.74) is 5.35. The molecule has 0 fully saturated rings. The van der Waals surface area contributed by atoms with Crippen LogP contribution < -0.4 is 0 Å². The van der Waals surface area contributed by atoms with Gasteiger partial charge in [-0.2, -0.15) is 35.4 Å². The van der Waals surface area contributed by atoms with Gasteiger partial charge in [-0.3, -0.25) is 5.10 Å². The number of benzene rings is 4. The third kappa shape index (κ3) is 3.92. The van der Waals surface area contributed by atoms with Gasteiger partial charge in [0.25, 0.3) is 0 Å². The third-order valence-corrected chi connectivity index (χ3v) is 6.59. The number of H-pyrrole nitrogens is 1. The van der Waals surface area contributed by atoms with Crippen LogP contribution >= 0.6 is 0 Å². The van der Waals surface area contributed by atoms with Gasteiger partial charge in [0.2, 0.25) is 0 Å². The van der Waals surface area contributed by atoms with Gasteiger partial charge >= 0.3 is 21.1 Å². The van der Waals surface area contributed by atoms with Crippen LogP contribution in [0.2, 0.25) is 0 Å². The van der Waals surface area contributed by atoms with Gasteiger partial charge in [-0.25, -0.2) is 4.98 Å². The van der Waals surface area contributed by atoms with Crippen molar-refractivity contribution in [3.05, 3.63) is 134 Å². The van der Waals surface area contributed by atoms with Gasteiger partial charge in [0.05, 0.1) is 0 Å². The van der Waals surface area contributed by atoms with Crippen molar-refractivity contribution in [2.24, 2.45) is 0 Å². The summed E-state index contributed by atoms with van der Waals surface area (Å²) in [5, 5.41) is 11.0. The molecule has 0 aliphatic heterocycles. The quantitative estimate of drug-likeness (QED) is 0.197. The standard InChI is InChI=1S/C29H17N3.C3H4N2.Pt/c1-4-12-25-21(9-1)22-10-2-5-13-26(22)31(25)20-16-17-24-23-11-3-6-14-27(23)32(28(24)19-20)29-15-7-8-18-30-29;1-2-4-5-3-1;/h1-12,14-18H;1-3H,(H,4,5);/q-2;;+2. The maximum absolute atomic E-state index is 4.64. The Kier molecular flexibility index (Phi) is 6.36. The van der Waals surface area contributed by atoms with Crippen LogP contribution in [0.15, 0.2) is 122 Å². The predicted molar refractivity (Wildman–Crippen MR) is 149 cm³/mol. The van der Waals surface area contributed by atoms with E-state index in [1.54, 1.807) is 12.4 Å². The first kappa shape index (κ1) is 23.9. The maximum atomic E-state index is 4.64. The zero-order valence-corrected chi connectivity index (χ0v) is 22.4. The maximum Gasteiger partial charge on any atom is 2.00 e. The second-order valence-electron chi connectivity index (χ2n) is 8.70. The van der Waals surface area contributed by atoms with Crippen LogP contribution in [-0.2, 0) is 21.1 Å². The smallest absolute Gasteiger partial charge is 0.358 e. The first-order valence-corrected chi connectivity index (χ1v) is 12.1. The average Bonchev–Trinajstić information content (AvgIpc) is 3.71. The van der Waals surface area contributed by atoms with Crippen molar-refractivity contribution in [2.45, 2.75) is 0 Å². The Bertz CT molecular complexity index is 1920. The van der Waals surface area contributed by atoms with E-state index >= 15 is 0 Å². The summed E-state index contributed by atoms with van der Waals surface area (Å²) in [5.74, 6) is 0.890. The van der Waals surface area contributed by atoms with E-state index in [1.165, 1.54) is 21.5 Å². The molecular weight excluding hydrogens is 649 g/mol. The molecule has 8 aromatic rings. The predicted octanol–water partition coefficient (Wildman–Crippen LogP) is 7.28. The summed E-state index contributed by atoms with van der Waals surface area (Å²) in [7, 11) is 0. The van der Waals surface area contributed by atoms with E-state index in [0.29, 0.717) is 0 Å². The molecule has 0 spiro atoms. The van der Waals surface area contributed by atoms with E-state index < -0.39 is 0 Å². The number of hydrogen-bond donors (Lipinski definition) is 1. The van der Waals surface area contributed by atoms with Crippen molar-refractivity contribution in [3.63, 3.8) is 0 Å². The second kappa shape index (κ2) is 10.1. The minimum atomic E-state index is 0. The van der Waals surface area contributed by atoms with Crippen LogP contribution in [0.1, 0.15) is 0 Å². The van der Waals surface area contributed by atoms with Crippen LogP contribution in [-0.4, -0.2) is 24.3 Å². The van der Waals surface area contributed by atoms with E-state index in [-0.39, 0.29) is 21.1 Å². The normalized spacial score (nSPS) is 10.9. The summed E-state index contributed by atoms with van der Waals surface area (Å²) in [4.78, 5) is 4.64. The molecule has 0 aliphatic carbocycles. The number of aromatic amines is 1. The van der Waals surface area contributed by atoms with Crippen molar-refractivity contribution in [1.82, 2.24) is 24.3 Å². The Balaban J connectivity index is 0.000000398. The fourth-order valence-corrected chi connectivity index (χ4v) is 5.05. The summed E-state index contributed by atoms with van der Waals surface area (Å²) < 4.78 is 4.45. The molecule has 184 valence electrons. The number of aromatic nitrogens is 5. The number of nitrogens with one attached hydrogen (secondary N) is 1. The van der Waals surface area contributed by atoms with Gasteiger partial charge in [0.15, 0.2) is 0 Å². The number of hydrogen-bond acceptors (Lipinski definition) is 2. The molecule has 4 aromatic carbocycles. The van der Waals surface area contributed by atoms with Crippen molar-refractivity contribution >= 4 is 43.6 Å². The third-order valence-electron chi connectivity index (χ3n) is 6.59. The number of fused-ring (bicyclic) bond motifs is 6. The van der Waals surface area contributed by atoms with Crippen LogP contribution in [0.4, 0.5) is 0 Å². The minimum Gasteiger partial charge on any atom is -0.358 e. The molecule has 4 aromatic heterocycles. The molecule has 0 bridgehead atoms. The first-order valence-electron chi connectivity index (χ1n) is 12.1. The van der Waals surface area contributed by atoms with E-state index in [9.17, 15) is 0 Å². The van der Waals surface area contributed by atoms with Crippen molar-refractivity contribution < 1.29 is 21.1 Å². The average molecular weight is 671 g/mol. The van der Waals surface area contributed by atoms with E-state index in [2.05, 4.69) is 103 Å². The molecule has 0 aliphatic rings. The molecule has 0 unspecified atom stereocenters. The molecule has 8 rings (SSSR count). The fraction of sp³-hybridized carbons (Fsp3) is 0. The van der Waals surface area contributed by atoms with Crippen molar-refractivity contribution in [2.75, 3.05) is 0 Å². The molecule has 4 heterocycles. The monoisotopic (exact) mass is 670 g/mol. The summed E-state index contributed by atoms with van der Waals surface area (Å²) in [6, 6.07) is 42.5. The van der Waals surface area contributed by atoms with Crippen LogP contribution in [0, 0.1) is 12.1 Å². The Hall–Kier alpha value is -4.47. The summed E-state index contributed by atoms with van der Waals surface area (Å²) >= 11 is 0. The van der Waals surface area contributed by atoms with Crippen LogP contribution in [0.25, 0.3) is 55.1 Å². The zero-order valence-electron chi connectivity index (χ0n) is 20.2. The van der Waals surface area contributed by atoms with Crippen LogP contribution in [0.3, 0.4) is 0 Å². The SMILES string of the molecule is [Pt+2].[c-]1cccc2c3ccccc3n(-c3[c-]c4c(cc3)c3ccccc3n4-c3ccccn3)c12.c1cn[nH]c1. The minimum absolute atomic E-state index is 0. The Morgan fingerprint density at radius 1 is 0.605 bits per heavy atom. The zero-order chi connectivity index (χ0) is 24.6. The molecule has 38 heavy (non-hydrogen) atoms. The van der Waals surface area contributed by atoms with Gasteiger partial charge < -0.3 is 9.13 Å². The van der Waals surface area contributed by atoms with Crippen molar-refractivity contribution in [1.29, 1.82) is 0 Å². The molecule has 0 amide bonds. The van der Waals surface area contributed by atoms with E-state index in [4.69, 9.17) is 0 Å². The largest absolute Gasteiger partial charge is 2.00 e. The van der Waals surface area contributed by atoms with E-state index in [1.807, 2.05) is 42.6 Å². The molecule has 0 atom stereocenters. The molecule has 0 saturated heterocycles. The Morgan fingerprint density at radius 2 is 1.32 bits per heavy atom. The first-order chi connectivity index (χ1) is 18.4. The van der Waals surface area contributed by atoms with Gasteiger partial charge in [-0.1, -0.05) is 59.2 Å². The molecule has 1 N–H and O–H groups in total. The Labute approximate surface area is 233 Å². The van der Waals surface area contributed by atoms with Gasteiger partial charge in [-0.05, 0) is 41.1 Å². The molecule has 6 heteroatoms. The van der Waals surface area contributed by atoms with Gasteiger partial charge in [0, 0.05) is 29.6 Å². The number of nitrogens with zero attached hydrogens (tertiary/aromatic N) is 4. The van der Waals surface area contributed by atoms with E-state index in [0.717, 1.165) is 33.6 Å². The topological polar surface area (TPSA) is 51.4 Å². The second-order valence-corrected chi connectivity index (χ2v) is 8.70. The number of rotatable bonds is 2. The van der Waals surface area contributed by atoms with Gasteiger partial charge in [-0.15, -0.1) is 22.9 Å². The fourth-order valence-electron chi connectivity index (χ4n) is 5.05.